The van der Waals surface area contributed by atoms with Crippen molar-refractivity contribution in [3.05, 3.63) is 90.6 Å². The van der Waals surface area contributed by atoms with Crippen LogP contribution in [-0.2, 0) is 6.54 Å². The van der Waals surface area contributed by atoms with Gasteiger partial charge < -0.3 is 10.4 Å². The first-order chi connectivity index (χ1) is 13.7. The average molecular weight is 371 g/mol. The normalized spacial score (nSPS) is 10.6. The molecule has 0 unspecified atom stereocenters. The van der Waals surface area contributed by atoms with Crippen LogP contribution in [0, 0.1) is 0 Å². The van der Waals surface area contributed by atoms with Gasteiger partial charge in [0, 0.05) is 42.5 Å². The molecule has 1 aromatic carbocycles. The summed E-state index contributed by atoms with van der Waals surface area (Å²) in [5, 5.41) is 17.2. The fourth-order valence-electron chi connectivity index (χ4n) is 2.91. The molecule has 0 saturated heterocycles. The molecule has 3 aromatic heterocycles. The van der Waals surface area contributed by atoms with E-state index in [0.717, 1.165) is 22.5 Å². The van der Waals surface area contributed by atoms with Crippen LogP contribution in [0.2, 0.25) is 0 Å². The molecule has 4 aromatic rings. The van der Waals surface area contributed by atoms with Crippen molar-refractivity contribution in [2.24, 2.45) is 0 Å². The Labute approximate surface area is 161 Å². The highest BCUT2D eigenvalue weighted by Crippen LogP contribution is 2.24. The van der Waals surface area contributed by atoms with Gasteiger partial charge in [-0.25, -0.2) is 9.48 Å². The Morgan fingerprint density at radius 1 is 1.00 bits per heavy atom. The number of pyridine rings is 2. The van der Waals surface area contributed by atoms with E-state index in [1.807, 2.05) is 48.7 Å². The molecule has 0 atom stereocenters. The molecule has 0 aliphatic heterocycles. The fraction of sp³-hybridized carbons (Fsp3) is 0.0476. The summed E-state index contributed by atoms with van der Waals surface area (Å²) in [6, 6.07) is 15.1. The van der Waals surface area contributed by atoms with Gasteiger partial charge in [0.25, 0.3) is 0 Å². The molecule has 0 aliphatic carbocycles. The van der Waals surface area contributed by atoms with Crippen LogP contribution in [0.25, 0.3) is 16.9 Å². The van der Waals surface area contributed by atoms with Crippen molar-refractivity contribution in [2.75, 3.05) is 5.32 Å². The molecule has 7 heteroatoms. The average Bonchev–Trinajstić information content (AvgIpc) is 3.18. The fourth-order valence-corrected chi connectivity index (χ4v) is 2.91. The Bertz CT molecular complexity index is 1090. The number of carboxylic acids is 1. The predicted molar refractivity (Wildman–Crippen MR) is 105 cm³/mol. The van der Waals surface area contributed by atoms with E-state index in [2.05, 4.69) is 15.3 Å². The van der Waals surface area contributed by atoms with Gasteiger partial charge in [-0.3, -0.25) is 9.97 Å². The molecule has 3 heterocycles. The van der Waals surface area contributed by atoms with Crippen molar-refractivity contribution in [1.29, 1.82) is 0 Å². The first-order valence-corrected chi connectivity index (χ1v) is 8.68. The Balaban J connectivity index is 1.70. The molecular weight excluding hydrogens is 354 g/mol. The van der Waals surface area contributed by atoms with Crippen LogP contribution < -0.4 is 5.32 Å². The molecule has 7 nitrogen and oxygen atoms in total. The lowest BCUT2D eigenvalue weighted by atomic mass is 10.1. The number of anilines is 1. The van der Waals surface area contributed by atoms with Crippen molar-refractivity contribution >= 4 is 11.7 Å². The minimum atomic E-state index is -1.00. The number of hydrogen-bond donors (Lipinski definition) is 2. The third kappa shape index (κ3) is 3.59. The molecule has 138 valence electrons. The smallest absolute Gasteiger partial charge is 0.337 e. The van der Waals surface area contributed by atoms with Gasteiger partial charge >= 0.3 is 5.97 Å². The Kier molecular flexibility index (Phi) is 4.79. The zero-order chi connectivity index (χ0) is 19.3. The van der Waals surface area contributed by atoms with Crippen molar-refractivity contribution in [1.82, 2.24) is 19.7 Å². The maximum atomic E-state index is 11.4. The Hall–Kier alpha value is -4.00. The summed E-state index contributed by atoms with van der Waals surface area (Å²) in [4.78, 5) is 19.6. The van der Waals surface area contributed by atoms with Crippen molar-refractivity contribution in [3.8, 4) is 16.9 Å². The Morgan fingerprint density at radius 3 is 2.57 bits per heavy atom. The SMILES string of the molecule is O=C(O)c1ccncc1NCc1cn(-c2ccccc2)nc1-c1cccnc1. The Morgan fingerprint density at radius 2 is 1.82 bits per heavy atom. The van der Waals surface area contributed by atoms with Crippen molar-refractivity contribution < 1.29 is 9.90 Å². The minimum Gasteiger partial charge on any atom is -0.478 e. The van der Waals surface area contributed by atoms with Gasteiger partial charge in [0.05, 0.1) is 28.8 Å². The molecule has 4 rings (SSSR count). The van der Waals surface area contributed by atoms with E-state index in [0.29, 0.717) is 12.2 Å². The monoisotopic (exact) mass is 371 g/mol. The van der Waals surface area contributed by atoms with Crippen LogP contribution in [0.4, 0.5) is 5.69 Å². The highest BCUT2D eigenvalue weighted by molar-refractivity contribution is 5.93. The summed E-state index contributed by atoms with van der Waals surface area (Å²) >= 11 is 0. The number of aromatic carboxylic acids is 1. The number of carbonyl (C=O) groups is 1. The van der Waals surface area contributed by atoms with Gasteiger partial charge in [0.15, 0.2) is 0 Å². The topological polar surface area (TPSA) is 92.9 Å². The van der Waals surface area contributed by atoms with Gasteiger partial charge in [-0.05, 0) is 30.3 Å². The second-order valence-electron chi connectivity index (χ2n) is 6.10. The molecule has 28 heavy (non-hydrogen) atoms. The quantitative estimate of drug-likeness (QED) is 0.537. The molecule has 0 spiro atoms. The van der Waals surface area contributed by atoms with E-state index in [4.69, 9.17) is 5.10 Å². The molecule has 0 fully saturated rings. The number of carboxylic acid groups (broad SMARTS) is 1. The lowest BCUT2D eigenvalue weighted by Gasteiger charge is -2.08. The summed E-state index contributed by atoms with van der Waals surface area (Å²) in [5.74, 6) is -1.00. The van der Waals surface area contributed by atoms with E-state index < -0.39 is 5.97 Å². The van der Waals surface area contributed by atoms with Gasteiger partial charge in [-0.2, -0.15) is 5.10 Å². The first kappa shape index (κ1) is 17.4. The van der Waals surface area contributed by atoms with Gasteiger partial charge in [0.1, 0.15) is 0 Å². The number of hydrogen-bond acceptors (Lipinski definition) is 5. The summed E-state index contributed by atoms with van der Waals surface area (Å²) < 4.78 is 1.81. The summed E-state index contributed by atoms with van der Waals surface area (Å²) in [7, 11) is 0. The number of para-hydroxylation sites is 1. The molecule has 2 N–H and O–H groups in total. The van der Waals surface area contributed by atoms with Crippen LogP contribution >= 0.6 is 0 Å². The zero-order valence-corrected chi connectivity index (χ0v) is 14.9. The third-order valence-corrected chi connectivity index (χ3v) is 4.27. The first-order valence-electron chi connectivity index (χ1n) is 8.68. The van der Waals surface area contributed by atoms with E-state index >= 15 is 0 Å². The van der Waals surface area contributed by atoms with Crippen molar-refractivity contribution in [2.45, 2.75) is 6.54 Å². The summed E-state index contributed by atoms with van der Waals surface area (Å²) in [5.41, 5.74) is 4.15. The molecule has 0 aliphatic rings. The number of nitrogens with zero attached hydrogens (tertiary/aromatic N) is 4. The standard InChI is InChI=1S/C21H17N5O2/c27-21(28)18-8-10-23-13-19(18)24-12-16-14-26(17-6-2-1-3-7-17)25-20(16)15-5-4-9-22-11-15/h1-11,13-14,24H,12H2,(H,27,28). The number of aromatic nitrogens is 4. The number of benzene rings is 1. The molecular formula is C21H17N5O2. The largest absolute Gasteiger partial charge is 0.478 e. The lowest BCUT2D eigenvalue weighted by Crippen LogP contribution is -2.07. The molecule has 0 bridgehead atoms. The second kappa shape index (κ2) is 7.71. The van der Waals surface area contributed by atoms with Gasteiger partial charge in [0.2, 0.25) is 0 Å². The van der Waals surface area contributed by atoms with Gasteiger partial charge in [-0.15, -0.1) is 0 Å². The third-order valence-electron chi connectivity index (χ3n) is 4.27. The predicted octanol–water partition coefficient (Wildman–Crippen LogP) is 3.64. The number of nitrogens with one attached hydrogen (secondary N) is 1. The van der Waals surface area contributed by atoms with Crippen molar-refractivity contribution in [3.63, 3.8) is 0 Å². The van der Waals surface area contributed by atoms with Crippen LogP contribution in [-0.4, -0.2) is 30.8 Å². The maximum absolute atomic E-state index is 11.4. The highest BCUT2D eigenvalue weighted by atomic mass is 16.4. The van der Waals surface area contributed by atoms with E-state index in [-0.39, 0.29) is 5.56 Å². The van der Waals surface area contributed by atoms with Crippen LogP contribution in [0.15, 0.2) is 79.5 Å². The molecule has 0 amide bonds. The van der Waals surface area contributed by atoms with Crippen LogP contribution in [0.3, 0.4) is 0 Å². The molecule has 0 saturated carbocycles. The second-order valence-corrected chi connectivity index (χ2v) is 6.10. The lowest BCUT2D eigenvalue weighted by molar-refractivity contribution is 0.0698. The van der Waals surface area contributed by atoms with E-state index in [9.17, 15) is 9.90 Å². The maximum Gasteiger partial charge on any atom is 0.337 e. The van der Waals surface area contributed by atoms with Crippen LogP contribution in [0.5, 0.6) is 0 Å². The number of rotatable bonds is 6. The minimum absolute atomic E-state index is 0.174. The van der Waals surface area contributed by atoms with E-state index in [1.54, 1.807) is 17.1 Å². The van der Waals surface area contributed by atoms with Gasteiger partial charge in [-0.1, -0.05) is 18.2 Å². The highest BCUT2D eigenvalue weighted by Gasteiger charge is 2.14. The zero-order valence-electron chi connectivity index (χ0n) is 14.9. The summed E-state index contributed by atoms with van der Waals surface area (Å²) in [6.45, 7) is 0.392. The summed E-state index contributed by atoms with van der Waals surface area (Å²) in [6.07, 6.45) is 8.37. The molecule has 0 radical (unpaired) electrons. The van der Waals surface area contributed by atoms with E-state index in [1.165, 1.54) is 18.5 Å². The van der Waals surface area contributed by atoms with Crippen LogP contribution in [0.1, 0.15) is 15.9 Å².